The Labute approximate surface area is 56.9 Å². The van der Waals surface area contributed by atoms with Gasteiger partial charge in [0, 0.05) is 0 Å². The fourth-order valence-corrected chi connectivity index (χ4v) is 0.769. The SMILES string of the molecule is OC1OC[C@H](O)[C@@H](O)[C@H]1F. The molecule has 3 N–H and O–H groups in total. The lowest BCUT2D eigenvalue weighted by atomic mass is 10.1. The number of aliphatic hydroxyl groups is 3. The highest BCUT2D eigenvalue weighted by molar-refractivity contribution is 4.81. The molecule has 1 saturated heterocycles. The standard InChI is InChI=1S/C5H9FO4/c6-3-4(8)2(7)1-10-5(3)9/h2-5,7-9H,1H2/t2-,3+,4+,5?/m0/s1. The number of aliphatic hydroxyl groups excluding tert-OH is 3. The number of halogens is 1. The molecule has 0 radical (unpaired) electrons. The molecule has 0 amide bonds. The van der Waals surface area contributed by atoms with E-state index in [1.54, 1.807) is 0 Å². The zero-order chi connectivity index (χ0) is 7.72. The lowest BCUT2D eigenvalue weighted by molar-refractivity contribution is -0.233. The summed E-state index contributed by atoms with van der Waals surface area (Å²) >= 11 is 0. The van der Waals surface area contributed by atoms with E-state index in [1.165, 1.54) is 0 Å². The molecule has 0 aliphatic carbocycles. The first-order chi connectivity index (χ1) is 4.63. The van der Waals surface area contributed by atoms with Gasteiger partial charge in [-0.05, 0) is 0 Å². The summed E-state index contributed by atoms with van der Waals surface area (Å²) in [6.07, 6.45) is -6.30. The van der Waals surface area contributed by atoms with Gasteiger partial charge in [-0.15, -0.1) is 0 Å². The molecule has 4 atom stereocenters. The van der Waals surface area contributed by atoms with Crippen LogP contribution in [0.3, 0.4) is 0 Å². The maximum Gasteiger partial charge on any atom is 0.189 e. The topological polar surface area (TPSA) is 69.9 Å². The largest absolute Gasteiger partial charge is 0.388 e. The Kier molecular flexibility index (Phi) is 2.20. The molecule has 0 spiro atoms. The lowest BCUT2D eigenvalue weighted by Gasteiger charge is -2.30. The van der Waals surface area contributed by atoms with Crippen LogP contribution >= 0.6 is 0 Å². The Balaban J connectivity index is 2.52. The van der Waals surface area contributed by atoms with Gasteiger partial charge in [-0.1, -0.05) is 0 Å². The summed E-state index contributed by atoms with van der Waals surface area (Å²) < 4.78 is 16.8. The first-order valence-electron chi connectivity index (χ1n) is 2.93. The zero-order valence-corrected chi connectivity index (χ0v) is 5.14. The fraction of sp³-hybridized carbons (Fsp3) is 1.00. The van der Waals surface area contributed by atoms with Crippen LogP contribution in [0.4, 0.5) is 4.39 Å². The normalized spacial score (nSPS) is 49.2. The van der Waals surface area contributed by atoms with Gasteiger partial charge < -0.3 is 20.1 Å². The van der Waals surface area contributed by atoms with Gasteiger partial charge in [0.1, 0.15) is 12.2 Å². The molecule has 0 saturated carbocycles. The van der Waals surface area contributed by atoms with Gasteiger partial charge in [-0.2, -0.15) is 0 Å². The maximum atomic E-state index is 12.4. The van der Waals surface area contributed by atoms with Crippen LogP contribution in [-0.2, 0) is 4.74 Å². The van der Waals surface area contributed by atoms with E-state index in [4.69, 9.17) is 15.3 Å². The summed E-state index contributed by atoms with van der Waals surface area (Å²) in [7, 11) is 0. The van der Waals surface area contributed by atoms with E-state index in [2.05, 4.69) is 4.74 Å². The average molecular weight is 152 g/mol. The highest BCUT2D eigenvalue weighted by Crippen LogP contribution is 2.16. The molecular weight excluding hydrogens is 143 g/mol. The van der Waals surface area contributed by atoms with Crippen LogP contribution in [0.1, 0.15) is 0 Å². The molecule has 0 aromatic heterocycles. The molecular formula is C5H9FO4. The Hall–Kier alpha value is -0.230. The zero-order valence-electron chi connectivity index (χ0n) is 5.14. The van der Waals surface area contributed by atoms with E-state index in [-0.39, 0.29) is 6.61 Å². The molecule has 60 valence electrons. The van der Waals surface area contributed by atoms with Gasteiger partial charge >= 0.3 is 0 Å². The van der Waals surface area contributed by atoms with Crippen LogP contribution < -0.4 is 0 Å². The summed E-state index contributed by atoms with van der Waals surface area (Å²) in [4.78, 5) is 0. The summed E-state index contributed by atoms with van der Waals surface area (Å²) in [5, 5.41) is 26.1. The first-order valence-corrected chi connectivity index (χ1v) is 2.93. The molecule has 1 rings (SSSR count). The summed E-state index contributed by atoms with van der Waals surface area (Å²) in [5.41, 5.74) is 0. The highest BCUT2D eigenvalue weighted by Gasteiger charge is 2.37. The van der Waals surface area contributed by atoms with Gasteiger partial charge in [-0.3, -0.25) is 0 Å². The number of alkyl halides is 1. The first kappa shape index (κ1) is 7.87. The lowest BCUT2D eigenvalue weighted by Crippen LogP contribution is -2.50. The van der Waals surface area contributed by atoms with Crippen molar-refractivity contribution in [2.45, 2.75) is 24.7 Å². The van der Waals surface area contributed by atoms with Crippen LogP contribution in [0.15, 0.2) is 0 Å². The van der Waals surface area contributed by atoms with Crippen molar-refractivity contribution >= 4 is 0 Å². The Morgan fingerprint density at radius 1 is 1.30 bits per heavy atom. The summed E-state index contributed by atoms with van der Waals surface area (Å²) in [5.74, 6) is 0. The van der Waals surface area contributed by atoms with Gasteiger partial charge in [0.15, 0.2) is 12.5 Å². The van der Waals surface area contributed by atoms with Crippen LogP contribution in [0.25, 0.3) is 0 Å². The van der Waals surface area contributed by atoms with Gasteiger partial charge in [0.05, 0.1) is 6.61 Å². The van der Waals surface area contributed by atoms with Gasteiger partial charge in [0.25, 0.3) is 0 Å². The number of ether oxygens (including phenoxy) is 1. The molecule has 1 aliphatic rings. The average Bonchev–Trinajstić information content (AvgIpc) is 1.93. The van der Waals surface area contributed by atoms with Crippen LogP contribution in [-0.4, -0.2) is 46.6 Å². The highest BCUT2D eigenvalue weighted by atomic mass is 19.1. The second-order valence-corrected chi connectivity index (χ2v) is 2.23. The van der Waals surface area contributed by atoms with Gasteiger partial charge in [0.2, 0.25) is 0 Å². The monoisotopic (exact) mass is 152 g/mol. The molecule has 0 aromatic rings. The van der Waals surface area contributed by atoms with Crippen molar-refractivity contribution in [1.82, 2.24) is 0 Å². The third kappa shape index (κ3) is 1.27. The number of hydrogen-bond acceptors (Lipinski definition) is 4. The molecule has 1 heterocycles. The maximum absolute atomic E-state index is 12.4. The minimum absolute atomic E-state index is 0.233. The van der Waals surface area contributed by atoms with Crippen molar-refractivity contribution < 1.29 is 24.4 Å². The predicted octanol–water partition coefficient (Wildman–Crippen LogP) is -1.61. The van der Waals surface area contributed by atoms with Crippen LogP contribution in [0.5, 0.6) is 0 Å². The summed E-state index contributed by atoms with van der Waals surface area (Å²) in [6.45, 7) is -0.233. The molecule has 1 aliphatic heterocycles. The number of rotatable bonds is 0. The fourth-order valence-electron chi connectivity index (χ4n) is 0.769. The van der Waals surface area contributed by atoms with Crippen molar-refractivity contribution in [3.63, 3.8) is 0 Å². The van der Waals surface area contributed by atoms with Crippen molar-refractivity contribution in [3.8, 4) is 0 Å². The predicted molar refractivity (Wildman–Crippen MR) is 28.9 cm³/mol. The van der Waals surface area contributed by atoms with Crippen molar-refractivity contribution in [2.24, 2.45) is 0 Å². The van der Waals surface area contributed by atoms with Crippen molar-refractivity contribution in [3.05, 3.63) is 0 Å². The van der Waals surface area contributed by atoms with E-state index < -0.39 is 24.7 Å². The third-order valence-corrected chi connectivity index (χ3v) is 1.43. The molecule has 0 aromatic carbocycles. The minimum atomic E-state index is -1.91. The smallest absolute Gasteiger partial charge is 0.189 e. The van der Waals surface area contributed by atoms with E-state index >= 15 is 0 Å². The van der Waals surface area contributed by atoms with E-state index in [9.17, 15) is 4.39 Å². The Morgan fingerprint density at radius 3 is 2.40 bits per heavy atom. The quantitative estimate of drug-likeness (QED) is 0.391. The Bertz CT molecular complexity index is 106. The van der Waals surface area contributed by atoms with E-state index in [0.717, 1.165) is 0 Å². The molecule has 10 heavy (non-hydrogen) atoms. The number of hydrogen-bond donors (Lipinski definition) is 3. The second kappa shape index (κ2) is 2.79. The molecule has 1 fully saturated rings. The molecule has 5 heteroatoms. The van der Waals surface area contributed by atoms with E-state index in [1.807, 2.05) is 0 Å². The Morgan fingerprint density at radius 2 is 1.90 bits per heavy atom. The van der Waals surface area contributed by atoms with Crippen LogP contribution in [0, 0.1) is 0 Å². The minimum Gasteiger partial charge on any atom is -0.388 e. The van der Waals surface area contributed by atoms with Crippen molar-refractivity contribution in [1.29, 1.82) is 0 Å². The molecule has 1 unspecified atom stereocenters. The van der Waals surface area contributed by atoms with E-state index in [0.29, 0.717) is 0 Å². The third-order valence-electron chi connectivity index (χ3n) is 1.43. The van der Waals surface area contributed by atoms with Crippen LogP contribution in [0.2, 0.25) is 0 Å². The molecule has 4 nitrogen and oxygen atoms in total. The molecule has 0 bridgehead atoms. The summed E-state index contributed by atoms with van der Waals surface area (Å²) in [6, 6.07) is 0. The second-order valence-electron chi connectivity index (χ2n) is 2.23. The van der Waals surface area contributed by atoms with Crippen molar-refractivity contribution in [2.75, 3.05) is 6.61 Å². The van der Waals surface area contributed by atoms with Gasteiger partial charge in [-0.25, -0.2) is 4.39 Å².